The lowest BCUT2D eigenvalue weighted by molar-refractivity contribution is -0.109. The third-order valence-corrected chi connectivity index (χ3v) is 4.89. The summed E-state index contributed by atoms with van der Waals surface area (Å²) in [4.78, 5) is 34.7. The molecule has 0 bridgehead atoms. The third kappa shape index (κ3) is 3.80. The molecule has 8 nitrogen and oxygen atoms in total. The SMILES string of the molecule is C[C@H](CNc1c(F)c(N)c2c(=O)c(C(=O)O)cn(C3CC3)c2c1F)N[C@@H](C)C=O. The Labute approximate surface area is 164 Å². The molecule has 1 aromatic carbocycles. The van der Waals surface area contributed by atoms with Crippen LogP contribution >= 0.6 is 0 Å². The first-order chi connectivity index (χ1) is 13.7. The van der Waals surface area contributed by atoms with Crippen molar-refractivity contribution < 1.29 is 23.5 Å². The second-order valence-electron chi connectivity index (χ2n) is 7.33. The fraction of sp³-hybridized carbons (Fsp3) is 0.421. The molecule has 0 unspecified atom stereocenters. The highest BCUT2D eigenvalue weighted by Crippen LogP contribution is 2.40. The number of anilines is 2. The van der Waals surface area contributed by atoms with E-state index in [0.29, 0.717) is 19.1 Å². The molecule has 29 heavy (non-hydrogen) atoms. The summed E-state index contributed by atoms with van der Waals surface area (Å²) in [5.41, 5.74) is 2.87. The number of fused-ring (bicyclic) bond motifs is 1. The van der Waals surface area contributed by atoms with E-state index < -0.39 is 51.4 Å². The van der Waals surface area contributed by atoms with Gasteiger partial charge in [-0.2, -0.15) is 0 Å². The highest BCUT2D eigenvalue weighted by molar-refractivity contribution is 5.99. The van der Waals surface area contributed by atoms with E-state index >= 15 is 4.39 Å². The van der Waals surface area contributed by atoms with Gasteiger partial charge in [-0.25, -0.2) is 13.6 Å². The van der Waals surface area contributed by atoms with Gasteiger partial charge in [0.1, 0.15) is 17.5 Å². The lowest BCUT2D eigenvalue weighted by Gasteiger charge is -2.20. The van der Waals surface area contributed by atoms with Gasteiger partial charge in [0.05, 0.1) is 22.6 Å². The van der Waals surface area contributed by atoms with Crippen LogP contribution in [0, 0.1) is 11.6 Å². The van der Waals surface area contributed by atoms with Crippen molar-refractivity contribution in [2.24, 2.45) is 0 Å². The fourth-order valence-corrected chi connectivity index (χ4v) is 3.32. The Balaban J connectivity index is 2.13. The average molecular weight is 408 g/mol. The van der Waals surface area contributed by atoms with Gasteiger partial charge in [-0.15, -0.1) is 0 Å². The Morgan fingerprint density at radius 2 is 2.03 bits per heavy atom. The molecule has 2 atom stereocenters. The molecular weight excluding hydrogens is 386 g/mol. The Morgan fingerprint density at radius 3 is 2.59 bits per heavy atom. The number of hydrogen-bond acceptors (Lipinski definition) is 6. The molecule has 10 heteroatoms. The van der Waals surface area contributed by atoms with E-state index in [1.54, 1.807) is 13.8 Å². The smallest absolute Gasteiger partial charge is 0.341 e. The van der Waals surface area contributed by atoms with E-state index in [1.165, 1.54) is 4.57 Å². The molecule has 156 valence electrons. The van der Waals surface area contributed by atoms with Crippen molar-refractivity contribution in [2.45, 2.75) is 44.8 Å². The van der Waals surface area contributed by atoms with E-state index in [4.69, 9.17) is 5.73 Å². The molecule has 1 aliphatic rings. The molecule has 0 radical (unpaired) electrons. The summed E-state index contributed by atoms with van der Waals surface area (Å²) in [5, 5.41) is 14.4. The molecule has 1 heterocycles. The first kappa shape index (κ1) is 20.7. The van der Waals surface area contributed by atoms with Crippen molar-refractivity contribution in [2.75, 3.05) is 17.6 Å². The Bertz CT molecular complexity index is 1050. The average Bonchev–Trinajstić information content (AvgIpc) is 3.50. The number of halogens is 2. The number of nitrogens with two attached hydrogens (primary N) is 1. The zero-order chi connectivity index (χ0) is 21.5. The standard InChI is InChI=1S/C19H22F2N4O4/c1-8(24-9(2)7-26)5-23-16-13(20)15(22)12-17(14(16)21)25(10-3-4-10)6-11(18(12)27)19(28)29/h6-10,23-24H,3-5,22H2,1-2H3,(H,28,29)/t8-,9+/m1/s1. The predicted molar refractivity (Wildman–Crippen MR) is 104 cm³/mol. The molecule has 2 aromatic rings. The summed E-state index contributed by atoms with van der Waals surface area (Å²) < 4.78 is 31.5. The summed E-state index contributed by atoms with van der Waals surface area (Å²) in [6.45, 7) is 3.46. The number of aromatic carboxylic acids is 1. The van der Waals surface area contributed by atoms with Gasteiger partial charge in [-0.3, -0.25) is 4.79 Å². The summed E-state index contributed by atoms with van der Waals surface area (Å²) in [6.07, 6.45) is 3.16. The number of nitrogen functional groups attached to an aromatic ring is 1. The highest BCUT2D eigenvalue weighted by Gasteiger charge is 2.31. The van der Waals surface area contributed by atoms with E-state index in [-0.39, 0.29) is 24.1 Å². The van der Waals surface area contributed by atoms with Gasteiger partial charge in [0.15, 0.2) is 11.6 Å². The van der Waals surface area contributed by atoms with Crippen molar-refractivity contribution >= 4 is 34.5 Å². The molecule has 5 N–H and O–H groups in total. The number of aromatic nitrogens is 1. The summed E-state index contributed by atoms with van der Waals surface area (Å²) >= 11 is 0. The lowest BCUT2D eigenvalue weighted by Crippen LogP contribution is -2.39. The van der Waals surface area contributed by atoms with Gasteiger partial charge in [-0.05, 0) is 26.7 Å². The van der Waals surface area contributed by atoms with Crippen LogP contribution in [0.4, 0.5) is 20.2 Å². The van der Waals surface area contributed by atoms with Crippen LogP contribution in [-0.4, -0.2) is 40.6 Å². The minimum Gasteiger partial charge on any atom is -0.477 e. The predicted octanol–water partition coefficient (Wildman–Crippen LogP) is 1.87. The minimum absolute atomic E-state index is 0.0812. The zero-order valence-electron chi connectivity index (χ0n) is 16.0. The summed E-state index contributed by atoms with van der Waals surface area (Å²) in [7, 11) is 0. The molecule has 0 spiro atoms. The number of carbonyl (C=O) groups is 2. The molecule has 0 saturated heterocycles. The van der Waals surface area contributed by atoms with Gasteiger partial charge >= 0.3 is 5.97 Å². The maximum atomic E-state index is 15.3. The maximum Gasteiger partial charge on any atom is 0.341 e. The van der Waals surface area contributed by atoms with Gasteiger partial charge in [0.2, 0.25) is 5.43 Å². The topological polar surface area (TPSA) is 126 Å². The molecular formula is C19H22F2N4O4. The number of aldehydes is 1. The number of carboxylic acids is 1. The second kappa shape index (κ2) is 7.78. The Kier molecular flexibility index (Phi) is 5.56. The highest BCUT2D eigenvalue weighted by atomic mass is 19.1. The number of benzene rings is 1. The molecule has 0 aliphatic heterocycles. The normalized spacial score (nSPS) is 15.9. The van der Waals surface area contributed by atoms with E-state index in [9.17, 15) is 23.9 Å². The van der Waals surface area contributed by atoms with Gasteiger partial charge in [0, 0.05) is 24.8 Å². The number of pyridine rings is 1. The van der Waals surface area contributed by atoms with Crippen molar-refractivity contribution in [3.05, 3.63) is 33.6 Å². The Morgan fingerprint density at radius 1 is 1.38 bits per heavy atom. The van der Waals surface area contributed by atoms with E-state index in [0.717, 1.165) is 6.20 Å². The van der Waals surface area contributed by atoms with Crippen LogP contribution in [-0.2, 0) is 4.79 Å². The summed E-state index contributed by atoms with van der Waals surface area (Å²) in [5.74, 6) is -3.66. The number of hydrogen-bond donors (Lipinski definition) is 4. The van der Waals surface area contributed by atoms with Gasteiger partial charge in [0.25, 0.3) is 0 Å². The first-order valence-electron chi connectivity index (χ1n) is 9.21. The largest absolute Gasteiger partial charge is 0.477 e. The van der Waals surface area contributed by atoms with Gasteiger partial charge in [-0.1, -0.05) is 0 Å². The fourth-order valence-electron chi connectivity index (χ4n) is 3.32. The zero-order valence-corrected chi connectivity index (χ0v) is 16.0. The molecule has 1 aliphatic carbocycles. The summed E-state index contributed by atoms with van der Waals surface area (Å²) in [6, 6.07) is -0.916. The van der Waals surface area contributed by atoms with Crippen LogP contribution in [0.15, 0.2) is 11.0 Å². The van der Waals surface area contributed by atoms with Gasteiger partial charge < -0.3 is 30.8 Å². The lowest BCUT2D eigenvalue weighted by atomic mass is 10.1. The quantitative estimate of drug-likeness (QED) is 0.388. The molecule has 1 saturated carbocycles. The number of nitrogens with zero attached hydrogens (tertiary/aromatic N) is 1. The maximum absolute atomic E-state index is 15.3. The van der Waals surface area contributed by atoms with Crippen LogP contribution in [0.25, 0.3) is 10.9 Å². The van der Waals surface area contributed by atoms with E-state index in [2.05, 4.69) is 10.6 Å². The Hall–Kier alpha value is -3.01. The van der Waals surface area contributed by atoms with Crippen molar-refractivity contribution in [3.63, 3.8) is 0 Å². The van der Waals surface area contributed by atoms with Crippen LogP contribution in [0.1, 0.15) is 43.1 Å². The monoisotopic (exact) mass is 408 g/mol. The third-order valence-electron chi connectivity index (χ3n) is 4.89. The number of nitrogens with one attached hydrogen (secondary N) is 2. The van der Waals surface area contributed by atoms with Crippen LogP contribution in [0.3, 0.4) is 0 Å². The number of carbonyl (C=O) groups excluding carboxylic acids is 1. The molecule has 3 rings (SSSR count). The number of rotatable bonds is 8. The molecule has 1 fully saturated rings. The second-order valence-corrected chi connectivity index (χ2v) is 7.33. The minimum atomic E-state index is -1.49. The van der Waals surface area contributed by atoms with Crippen molar-refractivity contribution in [1.82, 2.24) is 9.88 Å². The van der Waals surface area contributed by atoms with Crippen molar-refractivity contribution in [3.8, 4) is 0 Å². The van der Waals surface area contributed by atoms with E-state index in [1.807, 2.05) is 0 Å². The van der Waals surface area contributed by atoms with Crippen LogP contribution < -0.4 is 21.8 Å². The van der Waals surface area contributed by atoms with Crippen LogP contribution in [0.2, 0.25) is 0 Å². The molecule has 1 aromatic heterocycles. The first-order valence-corrected chi connectivity index (χ1v) is 9.21. The van der Waals surface area contributed by atoms with Crippen LogP contribution in [0.5, 0.6) is 0 Å². The van der Waals surface area contributed by atoms with Crippen molar-refractivity contribution in [1.29, 1.82) is 0 Å². The number of carboxylic acid groups (broad SMARTS) is 1. The molecule has 0 amide bonds.